The molecule has 1 aromatic carbocycles. The van der Waals surface area contributed by atoms with Gasteiger partial charge in [-0.25, -0.2) is 4.98 Å². The van der Waals surface area contributed by atoms with Crippen molar-refractivity contribution in [3.63, 3.8) is 0 Å². The molecular weight excluding hydrogens is 320 g/mol. The molecule has 0 saturated heterocycles. The average Bonchev–Trinajstić information content (AvgIpc) is 3.04. The highest BCUT2D eigenvalue weighted by atomic mass is 32.1. The number of aromatic nitrogens is 1. The van der Waals surface area contributed by atoms with Crippen LogP contribution in [0.5, 0.6) is 11.5 Å². The zero-order chi connectivity index (χ0) is 15.4. The Morgan fingerprint density at radius 1 is 1.41 bits per heavy atom. The standard InChI is InChI=1S/C15H16N2O3S2/c18-14(16-6-3-7-21)10-9-22-15(17-10)13-8-19-11-4-1-2-5-12(11)20-13/h1-2,4-5,9,13,21H,3,6-8H2,(H,16,18). The number of hydrogen-bond acceptors (Lipinski definition) is 6. The highest BCUT2D eigenvalue weighted by Crippen LogP contribution is 2.36. The maximum absolute atomic E-state index is 12.0. The molecule has 0 aliphatic carbocycles. The lowest BCUT2D eigenvalue weighted by Gasteiger charge is -2.24. The number of ether oxygens (including phenoxy) is 2. The summed E-state index contributed by atoms with van der Waals surface area (Å²) in [7, 11) is 0. The first-order valence-electron chi connectivity index (χ1n) is 7.01. The van der Waals surface area contributed by atoms with E-state index in [0.717, 1.165) is 22.9 Å². The second-order valence-corrected chi connectivity index (χ2v) is 6.11. The number of carbonyl (C=O) groups is 1. The van der Waals surface area contributed by atoms with Crippen LogP contribution in [-0.4, -0.2) is 29.8 Å². The monoisotopic (exact) mass is 336 g/mol. The third-order valence-corrected chi connectivity index (χ3v) is 4.41. The second kappa shape index (κ2) is 7.02. The summed E-state index contributed by atoms with van der Waals surface area (Å²) in [4.78, 5) is 16.3. The van der Waals surface area contributed by atoms with Crippen LogP contribution in [0.25, 0.3) is 0 Å². The Balaban J connectivity index is 1.66. The summed E-state index contributed by atoms with van der Waals surface area (Å²) >= 11 is 5.52. The molecule has 1 aliphatic rings. The summed E-state index contributed by atoms with van der Waals surface area (Å²) in [5.74, 6) is 2.02. The Hall–Kier alpha value is -1.73. The Bertz CT molecular complexity index is 660. The number of thiazole rings is 1. The number of para-hydroxylation sites is 2. The molecule has 0 bridgehead atoms. The largest absolute Gasteiger partial charge is 0.485 e. The summed E-state index contributed by atoms with van der Waals surface area (Å²) < 4.78 is 11.6. The number of fused-ring (bicyclic) bond motifs is 1. The highest BCUT2D eigenvalue weighted by molar-refractivity contribution is 7.80. The first-order chi connectivity index (χ1) is 10.8. The minimum atomic E-state index is -0.279. The lowest BCUT2D eigenvalue weighted by molar-refractivity contribution is 0.0899. The molecule has 0 saturated carbocycles. The molecule has 116 valence electrons. The summed E-state index contributed by atoms with van der Waals surface area (Å²) in [5.41, 5.74) is 0.418. The van der Waals surface area contributed by atoms with Crippen LogP contribution in [0, 0.1) is 0 Å². The number of nitrogens with zero attached hydrogens (tertiary/aromatic N) is 1. The number of rotatable bonds is 5. The molecule has 7 heteroatoms. The van der Waals surface area contributed by atoms with E-state index in [2.05, 4.69) is 22.9 Å². The first-order valence-corrected chi connectivity index (χ1v) is 8.52. The van der Waals surface area contributed by atoms with Crippen molar-refractivity contribution in [2.45, 2.75) is 12.5 Å². The van der Waals surface area contributed by atoms with Crippen molar-refractivity contribution in [3.8, 4) is 11.5 Å². The molecule has 1 atom stereocenters. The van der Waals surface area contributed by atoms with Crippen LogP contribution in [0.1, 0.15) is 28.0 Å². The van der Waals surface area contributed by atoms with E-state index < -0.39 is 0 Å². The number of benzene rings is 1. The molecule has 2 aromatic rings. The van der Waals surface area contributed by atoms with E-state index in [1.165, 1.54) is 11.3 Å². The van der Waals surface area contributed by atoms with E-state index in [9.17, 15) is 4.79 Å². The Kier molecular flexibility index (Phi) is 4.84. The molecule has 1 amide bonds. The van der Waals surface area contributed by atoms with Gasteiger partial charge < -0.3 is 14.8 Å². The predicted molar refractivity (Wildman–Crippen MR) is 88.2 cm³/mol. The van der Waals surface area contributed by atoms with E-state index >= 15 is 0 Å². The first kappa shape index (κ1) is 15.2. The van der Waals surface area contributed by atoms with Crippen LogP contribution in [0.2, 0.25) is 0 Å². The molecule has 22 heavy (non-hydrogen) atoms. The fourth-order valence-electron chi connectivity index (χ4n) is 2.05. The molecule has 2 heterocycles. The average molecular weight is 336 g/mol. The Labute approximate surface area is 138 Å². The SMILES string of the molecule is O=C(NCCCS)c1csc(C2COc3ccccc3O2)n1. The number of amides is 1. The molecule has 1 unspecified atom stereocenters. The molecule has 5 nitrogen and oxygen atoms in total. The van der Waals surface area contributed by atoms with Crippen molar-refractivity contribution in [1.29, 1.82) is 0 Å². The van der Waals surface area contributed by atoms with Gasteiger partial charge in [0.2, 0.25) is 0 Å². The van der Waals surface area contributed by atoms with Gasteiger partial charge in [0.25, 0.3) is 5.91 Å². The summed E-state index contributed by atoms with van der Waals surface area (Å²) in [6.07, 6.45) is 0.557. The fourth-order valence-corrected chi connectivity index (χ4v) is 3.02. The van der Waals surface area contributed by atoms with Gasteiger partial charge in [-0.2, -0.15) is 12.6 Å². The molecule has 0 radical (unpaired) electrons. The molecular formula is C15H16N2O3S2. The minimum Gasteiger partial charge on any atom is -0.485 e. The fraction of sp³-hybridized carbons (Fsp3) is 0.333. The number of hydrogen-bond donors (Lipinski definition) is 2. The van der Waals surface area contributed by atoms with Crippen LogP contribution in [0.4, 0.5) is 0 Å². The molecule has 0 spiro atoms. The lowest BCUT2D eigenvalue weighted by atomic mass is 10.2. The van der Waals surface area contributed by atoms with Crippen LogP contribution in [0.3, 0.4) is 0 Å². The quantitative estimate of drug-likeness (QED) is 0.651. The zero-order valence-corrected chi connectivity index (χ0v) is 13.5. The van der Waals surface area contributed by atoms with Crippen molar-refractivity contribution in [3.05, 3.63) is 40.3 Å². The lowest BCUT2D eigenvalue weighted by Crippen LogP contribution is -2.25. The number of thiol groups is 1. The van der Waals surface area contributed by atoms with Crippen molar-refractivity contribution in [2.24, 2.45) is 0 Å². The molecule has 1 N–H and O–H groups in total. The van der Waals surface area contributed by atoms with Gasteiger partial charge in [-0.15, -0.1) is 11.3 Å². The van der Waals surface area contributed by atoms with Crippen LogP contribution >= 0.6 is 24.0 Å². The van der Waals surface area contributed by atoms with Crippen molar-refractivity contribution >= 4 is 29.9 Å². The zero-order valence-electron chi connectivity index (χ0n) is 11.8. The third-order valence-electron chi connectivity index (χ3n) is 3.16. The van der Waals surface area contributed by atoms with E-state index in [0.29, 0.717) is 24.6 Å². The van der Waals surface area contributed by atoms with Gasteiger partial charge in [0, 0.05) is 11.9 Å². The van der Waals surface area contributed by atoms with Gasteiger partial charge >= 0.3 is 0 Å². The van der Waals surface area contributed by atoms with Crippen molar-refractivity contribution in [2.75, 3.05) is 18.9 Å². The summed E-state index contributed by atoms with van der Waals surface area (Å²) in [5, 5.41) is 5.31. The smallest absolute Gasteiger partial charge is 0.270 e. The topological polar surface area (TPSA) is 60.5 Å². The molecule has 3 rings (SSSR count). The molecule has 1 aromatic heterocycles. The van der Waals surface area contributed by atoms with Crippen molar-refractivity contribution in [1.82, 2.24) is 10.3 Å². The normalized spacial score (nSPS) is 16.3. The third kappa shape index (κ3) is 3.36. The Morgan fingerprint density at radius 2 is 2.23 bits per heavy atom. The van der Waals surface area contributed by atoms with Gasteiger partial charge in [0.1, 0.15) is 17.3 Å². The molecule has 0 fully saturated rings. The molecule has 1 aliphatic heterocycles. The van der Waals surface area contributed by atoms with Gasteiger partial charge in [0.15, 0.2) is 17.6 Å². The summed E-state index contributed by atoms with van der Waals surface area (Å²) in [6, 6.07) is 7.53. The van der Waals surface area contributed by atoms with Gasteiger partial charge in [-0.05, 0) is 24.3 Å². The van der Waals surface area contributed by atoms with E-state index in [1.54, 1.807) is 5.38 Å². The second-order valence-electron chi connectivity index (χ2n) is 4.77. The van der Waals surface area contributed by atoms with E-state index in [1.807, 2.05) is 24.3 Å². The number of nitrogens with one attached hydrogen (secondary N) is 1. The van der Waals surface area contributed by atoms with E-state index in [4.69, 9.17) is 9.47 Å². The number of carbonyl (C=O) groups excluding carboxylic acids is 1. The van der Waals surface area contributed by atoms with Gasteiger partial charge in [-0.3, -0.25) is 4.79 Å². The maximum Gasteiger partial charge on any atom is 0.270 e. The van der Waals surface area contributed by atoms with Crippen LogP contribution < -0.4 is 14.8 Å². The summed E-state index contributed by atoms with van der Waals surface area (Å²) in [6.45, 7) is 0.997. The van der Waals surface area contributed by atoms with Gasteiger partial charge in [-0.1, -0.05) is 12.1 Å². The van der Waals surface area contributed by atoms with Crippen LogP contribution in [0.15, 0.2) is 29.6 Å². The van der Waals surface area contributed by atoms with Crippen molar-refractivity contribution < 1.29 is 14.3 Å². The Morgan fingerprint density at radius 3 is 3.05 bits per heavy atom. The minimum absolute atomic E-state index is 0.165. The van der Waals surface area contributed by atoms with Gasteiger partial charge in [0.05, 0.1) is 0 Å². The van der Waals surface area contributed by atoms with Crippen LogP contribution in [-0.2, 0) is 0 Å². The van der Waals surface area contributed by atoms with E-state index in [-0.39, 0.29) is 12.0 Å². The highest BCUT2D eigenvalue weighted by Gasteiger charge is 2.25. The maximum atomic E-state index is 12.0. The predicted octanol–water partition coefficient (Wildman–Crippen LogP) is 2.71.